The molecule has 0 saturated carbocycles. The zero-order chi connectivity index (χ0) is 8.27. The van der Waals surface area contributed by atoms with Crippen LogP contribution in [0.15, 0.2) is 0 Å². The summed E-state index contributed by atoms with van der Waals surface area (Å²) in [6, 6.07) is 0. The Bertz CT molecular complexity index is 145. The van der Waals surface area contributed by atoms with Crippen molar-refractivity contribution >= 4 is 5.97 Å². The largest absolute Gasteiger partial charge is 0.457 e. The summed E-state index contributed by atoms with van der Waals surface area (Å²) in [5.74, 6) is -0.375. The average molecular weight is 160 g/mol. The fourth-order valence-electron chi connectivity index (χ4n) is 1.07. The number of aliphatic hydroxyl groups excluding tert-OH is 1. The Morgan fingerprint density at radius 3 is 3.00 bits per heavy atom. The second-order valence-corrected chi connectivity index (χ2v) is 2.55. The molecule has 1 saturated heterocycles. The Balaban J connectivity index is 2.35. The minimum atomic E-state index is -0.937. The summed E-state index contributed by atoms with van der Waals surface area (Å²) < 4.78 is 9.66. The molecule has 1 rings (SSSR count). The van der Waals surface area contributed by atoms with E-state index in [1.165, 1.54) is 6.92 Å². The Morgan fingerprint density at radius 2 is 2.45 bits per heavy atom. The average Bonchev–Trinajstić information content (AvgIpc) is 1.93. The molecular formula is C7H12O4. The summed E-state index contributed by atoms with van der Waals surface area (Å²) in [6.45, 7) is 1.86. The summed E-state index contributed by atoms with van der Waals surface area (Å²) in [5.41, 5.74) is 0. The van der Waals surface area contributed by atoms with E-state index in [2.05, 4.69) is 0 Å². The number of carbonyl (C=O) groups is 1. The summed E-state index contributed by atoms with van der Waals surface area (Å²) in [4.78, 5) is 10.5. The van der Waals surface area contributed by atoms with Gasteiger partial charge in [0.2, 0.25) is 0 Å². The molecule has 1 aliphatic heterocycles. The van der Waals surface area contributed by atoms with Gasteiger partial charge >= 0.3 is 5.97 Å². The van der Waals surface area contributed by atoms with Crippen LogP contribution >= 0.6 is 0 Å². The van der Waals surface area contributed by atoms with Crippen LogP contribution in [0.3, 0.4) is 0 Å². The molecule has 1 N–H and O–H groups in total. The minimum Gasteiger partial charge on any atom is -0.457 e. The molecule has 64 valence electrons. The van der Waals surface area contributed by atoms with Crippen LogP contribution in [0.5, 0.6) is 0 Å². The van der Waals surface area contributed by atoms with Gasteiger partial charge in [-0.15, -0.1) is 0 Å². The number of rotatable bonds is 1. The van der Waals surface area contributed by atoms with Gasteiger partial charge in [-0.3, -0.25) is 4.79 Å². The van der Waals surface area contributed by atoms with Gasteiger partial charge in [0.1, 0.15) is 0 Å². The maximum atomic E-state index is 10.5. The molecule has 1 fully saturated rings. The molecular weight excluding hydrogens is 148 g/mol. The van der Waals surface area contributed by atoms with E-state index in [4.69, 9.17) is 14.6 Å². The highest BCUT2D eigenvalue weighted by atomic mass is 16.6. The van der Waals surface area contributed by atoms with E-state index in [1.807, 2.05) is 0 Å². The van der Waals surface area contributed by atoms with Gasteiger partial charge in [-0.05, 0) is 12.8 Å². The SMILES string of the molecule is CC(=O)O[C@H]1CCCO[C@@H]1O. The lowest BCUT2D eigenvalue weighted by molar-refractivity contribution is -0.205. The molecule has 4 heteroatoms. The third-order valence-corrected chi connectivity index (χ3v) is 1.56. The molecule has 0 aliphatic carbocycles. The van der Waals surface area contributed by atoms with Crippen molar-refractivity contribution in [1.29, 1.82) is 0 Å². The molecule has 0 aromatic heterocycles. The number of aliphatic hydroxyl groups is 1. The van der Waals surface area contributed by atoms with Crippen molar-refractivity contribution < 1.29 is 19.4 Å². The van der Waals surface area contributed by atoms with Gasteiger partial charge in [0, 0.05) is 6.92 Å². The van der Waals surface area contributed by atoms with Crippen LogP contribution in [0, 0.1) is 0 Å². The number of esters is 1. The van der Waals surface area contributed by atoms with Crippen molar-refractivity contribution in [2.24, 2.45) is 0 Å². The van der Waals surface area contributed by atoms with Crippen LogP contribution in [0.4, 0.5) is 0 Å². The third-order valence-electron chi connectivity index (χ3n) is 1.56. The zero-order valence-electron chi connectivity index (χ0n) is 6.45. The molecule has 1 heterocycles. The van der Waals surface area contributed by atoms with Gasteiger partial charge in [0.15, 0.2) is 12.4 Å². The molecule has 0 radical (unpaired) electrons. The molecule has 0 unspecified atom stereocenters. The standard InChI is InChI=1S/C7H12O4/c1-5(8)11-6-3-2-4-10-7(6)9/h6-7,9H,2-4H2,1H3/t6-,7-/m0/s1. The minimum absolute atomic E-state index is 0.375. The highest BCUT2D eigenvalue weighted by Gasteiger charge is 2.25. The van der Waals surface area contributed by atoms with Gasteiger partial charge < -0.3 is 14.6 Å². The summed E-state index contributed by atoms with van der Waals surface area (Å²) in [7, 11) is 0. The smallest absolute Gasteiger partial charge is 0.303 e. The van der Waals surface area contributed by atoms with Crippen LogP contribution in [0.1, 0.15) is 19.8 Å². The van der Waals surface area contributed by atoms with Crippen LogP contribution in [-0.2, 0) is 14.3 Å². The lowest BCUT2D eigenvalue weighted by atomic mass is 10.1. The topological polar surface area (TPSA) is 55.8 Å². The molecule has 11 heavy (non-hydrogen) atoms. The van der Waals surface area contributed by atoms with Crippen molar-refractivity contribution in [3.8, 4) is 0 Å². The summed E-state index contributed by atoms with van der Waals surface area (Å²) in [5, 5.41) is 9.12. The van der Waals surface area contributed by atoms with E-state index in [0.29, 0.717) is 13.0 Å². The van der Waals surface area contributed by atoms with Gasteiger partial charge in [0.25, 0.3) is 0 Å². The van der Waals surface area contributed by atoms with Crippen LogP contribution in [0.25, 0.3) is 0 Å². The third kappa shape index (κ3) is 2.48. The van der Waals surface area contributed by atoms with Crippen LogP contribution < -0.4 is 0 Å². The molecule has 0 amide bonds. The fourth-order valence-corrected chi connectivity index (χ4v) is 1.07. The number of carbonyl (C=O) groups excluding carboxylic acids is 1. The predicted molar refractivity (Wildman–Crippen MR) is 36.7 cm³/mol. The van der Waals surface area contributed by atoms with Gasteiger partial charge in [-0.2, -0.15) is 0 Å². The van der Waals surface area contributed by atoms with E-state index in [1.54, 1.807) is 0 Å². The monoisotopic (exact) mass is 160 g/mol. The van der Waals surface area contributed by atoms with E-state index in [-0.39, 0.29) is 5.97 Å². The van der Waals surface area contributed by atoms with E-state index < -0.39 is 12.4 Å². The maximum Gasteiger partial charge on any atom is 0.303 e. The fraction of sp³-hybridized carbons (Fsp3) is 0.857. The Labute approximate surface area is 65.1 Å². The lowest BCUT2D eigenvalue weighted by Gasteiger charge is -2.26. The van der Waals surface area contributed by atoms with Crippen molar-refractivity contribution in [1.82, 2.24) is 0 Å². The highest BCUT2D eigenvalue weighted by molar-refractivity contribution is 5.66. The Morgan fingerprint density at radius 1 is 1.73 bits per heavy atom. The summed E-state index contributed by atoms with van der Waals surface area (Å²) >= 11 is 0. The molecule has 0 spiro atoms. The van der Waals surface area contributed by atoms with Gasteiger partial charge in [-0.1, -0.05) is 0 Å². The van der Waals surface area contributed by atoms with E-state index in [0.717, 1.165) is 6.42 Å². The predicted octanol–water partition coefficient (Wildman–Crippen LogP) is 0.0469. The highest BCUT2D eigenvalue weighted by Crippen LogP contribution is 2.14. The molecule has 0 aromatic rings. The van der Waals surface area contributed by atoms with Crippen molar-refractivity contribution in [2.45, 2.75) is 32.2 Å². The first-order chi connectivity index (χ1) is 5.20. The van der Waals surface area contributed by atoms with Crippen molar-refractivity contribution in [3.63, 3.8) is 0 Å². The molecule has 0 aromatic carbocycles. The molecule has 0 bridgehead atoms. The van der Waals surface area contributed by atoms with Crippen molar-refractivity contribution in [3.05, 3.63) is 0 Å². The quantitative estimate of drug-likeness (QED) is 0.550. The second kappa shape index (κ2) is 3.69. The first kappa shape index (κ1) is 8.49. The van der Waals surface area contributed by atoms with E-state index >= 15 is 0 Å². The van der Waals surface area contributed by atoms with Crippen LogP contribution in [-0.4, -0.2) is 30.1 Å². The lowest BCUT2D eigenvalue weighted by Crippen LogP contribution is -2.36. The number of hydrogen-bond donors (Lipinski definition) is 1. The van der Waals surface area contributed by atoms with Crippen molar-refractivity contribution in [2.75, 3.05) is 6.61 Å². The van der Waals surface area contributed by atoms with Gasteiger partial charge in [0.05, 0.1) is 6.61 Å². The van der Waals surface area contributed by atoms with Crippen LogP contribution in [0.2, 0.25) is 0 Å². The Hall–Kier alpha value is -0.610. The Kier molecular flexibility index (Phi) is 2.84. The number of hydrogen-bond acceptors (Lipinski definition) is 4. The van der Waals surface area contributed by atoms with E-state index in [9.17, 15) is 4.79 Å². The first-order valence-electron chi connectivity index (χ1n) is 3.67. The summed E-state index contributed by atoms with van der Waals surface area (Å²) in [6.07, 6.45) is 0.101. The van der Waals surface area contributed by atoms with Gasteiger partial charge in [-0.25, -0.2) is 0 Å². The number of ether oxygens (including phenoxy) is 2. The second-order valence-electron chi connectivity index (χ2n) is 2.55. The normalized spacial score (nSPS) is 31.5. The maximum absolute atomic E-state index is 10.5. The zero-order valence-corrected chi connectivity index (χ0v) is 6.45. The molecule has 2 atom stereocenters. The molecule has 1 aliphatic rings. The first-order valence-corrected chi connectivity index (χ1v) is 3.67. The molecule has 4 nitrogen and oxygen atoms in total.